The first-order valence-corrected chi connectivity index (χ1v) is 22.8. The summed E-state index contributed by atoms with van der Waals surface area (Å²) in [7, 11) is -4.73. The van der Waals surface area contributed by atoms with E-state index in [-0.39, 0.29) is 19.4 Å². The van der Waals surface area contributed by atoms with Gasteiger partial charge >= 0.3 is 25.7 Å². The Hall–Kier alpha value is -2.82. The van der Waals surface area contributed by atoms with Crippen molar-refractivity contribution in [1.29, 1.82) is 0 Å². The second-order valence-corrected chi connectivity index (χ2v) is 15.6. The molecule has 0 saturated carbocycles. The zero-order valence-electron chi connectivity index (χ0n) is 34.7. The van der Waals surface area contributed by atoms with Crippen LogP contribution >= 0.6 is 7.82 Å². The number of hydrogen-bond acceptors (Lipinski definition) is 9. The summed E-state index contributed by atoms with van der Waals surface area (Å²) in [6.07, 6.45) is 44.4. The molecule has 0 bridgehead atoms. The maximum atomic E-state index is 12.6. The number of aliphatic carboxylic acids is 1. The number of ether oxygens (including phenoxy) is 2. The highest BCUT2D eigenvalue weighted by molar-refractivity contribution is 7.47. The number of phosphoric ester groups is 1. The van der Waals surface area contributed by atoms with E-state index < -0.39 is 51.1 Å². The summed E-state index contributed by atoms with van der Waals surface area (Å²) >= 11 is 0. The van der Waals surface area contributed by atoms with Crippen molar-refractivity contribution in [2.24, 2.45) is 5.73 Å². The van der Waals surface area contributed by atoms with Gasteiger partial charge in [-0.2, -0.15) is 0 Å². The number of nitrogens with two attached hydrogens (primary N) is 1. The van der Waals surface area contributed by atoms with Crippen molar-refractivity contribution >= 4 is 25.7 Å². The van der Waals surface area contributed by atoms with Gasteiger partial charge in [-0.1, -0.05) is 171 Å². The lowest BCUT2D eigenvalue weighted by Crippen LogP contribution is -2.34. The van der Waals surface area contributed by atoms with Gasteiger partial charge in [0.05, 0.1) is 13.2 Å². The Balaban J connectivity index is 4.50. The number of esters is 2. The van der Waals surface area contributed by atoms with Gasteiger partial charge in [-0.05, 0) is 44.9 Å². The minimum Gasteiger partial charge on any atom is -0.480 e. The number of carboxylic acid groups (broad SMARTS) is 1. The van der Waals surface area contributed by atoms with Crippen LogP contribution in [0.4, 0.5) is 0 Å². The largest absolute Gasteiger partial charge is 0.480 e. The van der Waals surface area contributed by atoms with E-state index in [1.807, 2.05) is 18.2 Å². The second kappa shape index (κ2) is 39.0. The minimum atomic E-state index is -4.73. The maximum Gasteiger partial charge on any atom is 0.472 e. The number of carbonyl (C=O) groups is 3. The second-order valence-electron chi connectivity index (χ2n) is 14.1. The Bertz CT molecular complexity index is 1180. The van der Waals surface area contributed by atoms with Crippen LogP contribution in [0.5, 0.6) is 0 Å². The molecule has 0 aliphatic heterocycles. The molecule has 0 spiro atoms. The van der Waals surface area contributed by atoms with E-state index in [1.165, 1.54) is 77.0 Å². The molecule has 0 heterocycles. The zero-order valence-corrected chi connectivity index (χ0v) is 35.6. The fourth-order valence-corrected chi connectivity index (χ4v) is 6.19. The van der Waals surface area contributed by atoms with Crippen LogP contribution in [0.25, 0.3) is 0 Å². The van der Waals surface area contributed by atoms with E-state index in [1.54, 1.807) is 0 Å². The standard InChI is InChI=1S/C44H76NO10P/c1-3-5-7-9-11-13-15-17-19-20-22-24-26-28-30-32-34-36-43(47)55-40(38-53-56(50,51)54-39-41(45)44(48)49)37-52-42(46)35-33-31-29-27-25-23-21-18-16-14-12-10-8-6-4-2/h7,9,13,15,19-20,24,26,30,32,40-41H,3-6,8,10-12,14,16-18,21-23,25,27-29,31,33-39,45H2,1-2H3,(H,48,49)(H,50,51). The van der Waals surface area contributed by atoms with Crippen molar-refractivity contribution in [3.8, 4) is 0 Å². The highest BCUT2D eigenvalue weighted by atomic mass is 31.2. The molecule has 0 amide bonds. The average molecular weight is 810 g/mol. The molecule has 3 atom stereocenters. The van der Waals surface area contributed by atoms with Crippen molar-refractivity contribution in [1.82, 2.24) is 0 Å². The smallest absolute Gasteiger partial charge is 0.472 e. The van der Waals surface area contributed by atoms with Gasteiger partial charge in [0.15, 0.2) is 6.10 Å². The van der Waals surface area contributed by atoms with Gasteiger partial charge in [0.2, 0.25) is 0 Å². The Morgan fingerprint density at radius 3 is 1.45 bits per heavy atom. The molecule has 56 heavy (non-hydrogen) atoms. The molecule has 4 N–H and O–H groups in total. The van der Waals surface area contributed by atoms with Gasteiger partial charge in [0.25, 0.3) is 0 Å². The summed E-state index contributed by atoms with van der Waals surface area (Å²) in [6, 6.07) is -1.53. The average Bonchev–Trinajstić information content (AvgIpc) is 3.17. The zero-order chi connectivity index (χ0) is 41.4. The quantitative estimate of drug-likeness (QED) is 0.0233. The van der Waals surface area contributed by atoms with Crippen molar-refractivity contribution in [3.63, 3.8) is 0 Å². The molecule has 0 fully saturated rings. The monoisotopic (exact) mass is 810 g/mol. The minimum absolute atomic E-state index is 0.0369. The van der Waals surface area contributed by atoms with E-state index >= 15 is 0 Å². The lowest BCUT2D eigenvalue weighted by molar-refractivity contribution is -0.161. The molecule has 3 unspecified atom stereocenters. The Morgan fingerprint density at radius 2 is 0.982 bits per heavy atom. The van der Waals surface area contributed by atoms with Crippen molar-refractivity contribution in [2.75, 3.05) is 19.8 Å². The van der Waals surface area contributed by atoms with Crippen LogP contribution in [-0.2, 0) is 37.5 Å². The van der Waals surface area contributed by atoms with Gasteiger partial charge in [0, 0.05) is 12.8 Å². The van der Waals surface area contributed by atoms with Crippen molar-refractivity contribution in [2.45, 2.75) is 180 Å². The summed E-state index contributed by atoms with van der Waals surface area (Å²) in [4.78, 5) is 45.9. The van der Waals surface area contributed by atoms with Crippen molar-refractivity contribution < 1.29 is 47.5 Å². The molecule has 322 valence electrons. The van der Waals surface area contributed by atoms with Gasteiger partial charge in [-0.15, -0.1) is 0 Å². The highest BCUT2D eigenvalue weighted by Gasteiger charge is 2.28. The molecule has 0 aromatic rings. The summed E-state index contributed by atoms with van der Waals surface area (Å²) < 4.78 is 32.6. The molecular formula is C44H76NO10P. The number of allylic oxidation sites excluding steroid dienone is 10. The molecule has 0 aliphatic rings. The number of phosphoric acid groups is 1. The number of rotatable bonds is 39. The van der Waals surface area contributed by atoms with Crippen LogP contribution in [0.15, 0.2) is 60.8 Å². The normalized spacial score (nSPS) is 14.4. The number of hydrogen-bond donors (Lipinski definition) is 3. The Morgan fingerprint density at radius 1 is 0.554 bits per heavy atom. The van der Waals surface area contributed by atoms with Crippen LogP contribution in [0.2, 0.25) is 0 Å². The van der Waals surface area contributed by atoms with Crippen LogP contribution in [0, 0.1) is 0 Å². The summed E-state index contributed by atoms with van der Waals surface area (Å²) in [5.41, 5.74) is 5.32. The van der Waals surface area contributed by atoms with Crippen LogP contribution in [0.1, 0.15) is 168 Å². The van der Waals surface area contributed by atoms with Crippen LogP contribution in [0.3, 0.4) is 0 Å². The third-order valence-electron chi connectivity index (χ3n) is 8.76. The Labute approximate surface area is 338 Å². The van der Waals surface area contributed by atoms with E-state index in [0.717, 1.165) is 51.4 Å². The maximum absolute atomic E-state index is 12.6. The van der Waals surface area contributed by atoms with E-state index in [2.05, 4.69) is 60.9 Å². The first kappa shape index (κ1) is 53.2. The van der Waals surface area contributed by atoms with E-state index in [4.69, 9.17) is 24.8 Å². The van der Waals surface area contributed by atoms with E-state index in [0.29, 0.717) is 12.8 Å². The van der Waals surface area contributed by atoms with E-state index in [9.17, 15) is 23.8 Å². The molecule has 0 aromatic heterocycles. The topological polar surface area (TPSA) is 172 Å². The first-order chi connectivity index (χ1) is 27.1. The predicted molar refractivity (Wildman–Crippen MR) is 226 cm³/mol. The summed E-state index contributed by atoms with van der Waals surface area (Å²) in [5, 5.41) is 8.88. The third-order valence-corrected chi connectivity index (χ3v) is 9.71. The lowest BCUT2D eigenvalue weighted by atomic mass is 10.0. The fourth-order valence-electron chi connectivity index (χ4n) is 5.41. The molecule has 11 nitrogen and oxygen atoms in total. The van der Waals surface area contributed by atoms with Crippen molar-refractivity contribution in [3.05, 3.63) is 60.8 Å². The Kier molecular flexibility index (Phi) is 37.1. The predicted octanol–water partition coefficient (Wildman–Crippen LogP) is 11.2. The van der Waals surface area contributed by atoms with Gasteiger partial charge in [0.1, 0.15) is 12.6 Å². The molecule has 0 aromatic carbocycles. The summed E-state index contributed by atoms with van der Waals surface area (Å²) in [6.45, 7) is 2.66. The van der Waals surface area contributed by atoms with Crippen LogP contribution < -0.4 is 5.73 Å². The fraction of sp³-hybridized carbons (Fsp3) is 0.705. The SMILES string of the molecule is CCCC=CCC=CCC=CCC=CCC=CCCC(=O)OC(COC(=O)CCCCCCCCCCCCCCCCC)COP(=O)(O)OCC(N)C(=O)O. The highest BCUT2D eigenvalue weighted by Crippen LogP contribution is 2.43. The van der Waals surface area contributed by atoms with Gasteiger partial charge in [-0.3, -0.25) is 23.4 Å². The lowest BCUT2D eigenvalue weighted by Gasteiger charge is -2.20. The van der Waals surface area contributed by atoms with Gasteiger partial charge in [-0.25, -0.2) is 4.57 Å². The first-order valence-electron chi connectivity index (χ1n) is 21.3. The molecule has 0 saturated heterocycles. The van der Waals surface area contributed by atoms with Gasteiger partial charge < -0.3 is 25.2 Å². The summed E-state index contributed by atoms with van der Waals surface area (Å²) in [5.74, 6) is -2.48. The molecule has 0 radical (unpaired) electrons. The number of carboxylic acids is 1. The molecule has 0 aliphatic carbocycles. The third kappa shape index (κ3) is 38.1. The van der Waals surface area contributed by atoms with Crippen LogP contribution in [-0.4, -0.2) is 59.9 Å². The number of carbonyl (C=O) groups excluding carboxylic acids is 2. The molecule has 0 rings (SSSR count). The molecular weight excluding hydrogens is 733 g/mol. The number of unbranched alkanes of at least 4 members (excludes halogenated alkanes) is 15. The molecule has 12 heteroatoms.